The summed E-state index contributed by atoms with van der Waals surface area (Å²) in [6, 6.07) is 2.72. The fourth-order valence-electron chi connectivity index (χ4n) is 3.66. The van der Waals surface area contributed by atoms with Gasteiger partial charge in [-0.15, -0.1) is 0 Å². The van der Waals surface area contributed by atoms with Crippen LogP contribution in [0, 0.1) is 0 Å². The minimum atomic E-state index is -2.74. The Morgan fingerprint density at radius 1 is 1.30 bits per heavy atom. The molecule has 1 fully saturated rings. The molecule has 0 saturated carbocycles. The van der Waals surface area contributed by atoms with Gasteiger partial charge in [-0.2, -0.15) is 10.1 Å². The van der Waals surface area contributed by atoms with Crippen molar-refractivity contribution in [3.63, 3.8) is 0 Å². The first-order valence-electron chi connectivity index (χ1n) is 9.07. The molecule has 12 heteroatoms. The van der Waals surface area contributed by atoms with Crippen molar-refractivity contribution in [3.05, 3.63) is 45.7 Å². The van der Waals surface area contributed by atoms with Crippen LogP contribution < -0.4 is 4.74 Å². The summed E-state index contributed by atoms with van der Waals surface area (Å²) in [7, 11) is 1.39. The van der Waals surface area contributed by atoms with Crippen molar-refractivity contribution in [2.75, 3.05) is 20.2 Å². The molecule has 0 N–H and O–H groups in total. The molecule has 1 amide bonds. The number of hydrogen-bond donors (Lipinski definition) is 0. The van der Waals surface area contributed by atoms with Gasteiger partial charge in [-0.05, 0) is 25.0 Å². The first kappa shape index (κ1) is 20.7. The largest absolute Gasteiger partial charge is 0.493 e. The van der Waals surface area contributed by atoms with E-state index in [1.54, 1.807) is 4.90 Å². The van der Waals surface area contributed by atoms with Gasteiger partial charge in [-0.3, -0.25) is 4.79 Å². The summed E-state index contributed by atoms with van der Waals surface area (Å²) >= 11 is 12.0. The standard InChI is InChI=1S/C18H16Cl2F2N6O2/c1-30-14-10(5-13(19)26-15(14)20)17(29)27-4-2-3-9(7-27)12-6-11(16(21)22)25-18-23-8-24-28(12)18/h5-6,8-9,16H,2-4,7H2,1H3/t9-/m0/s1. The van der Waals surface area contributed by atoms with Crippen molar-refractivity contribution in [1.29, 1.82) is 0 Å². The molecular weight excluding hydrogens is 441 g/mol. The van der Waals surface area contributed by atoms with Crippen LogP contribution in [0.1, 0.15) is 46.9 Å². The van der Waals surface area contributed by atoms with Gasteiger partial charge in [0.2, 0.25) is 0 Å². The van der Waals surface area contributed by atoms with Gasteiger partial charge in [0.25, 0.3) is 18.1 Å². The maximum atomic E-state index is 13.3. The summed E-state index contributed by atoms with van der Waals surface area (Å²) in [4.78, 5) is 26.5. The van der Waals surface area contributed by atoms with Crippen molar-refractivity contribution < 1.29 is 18.3 Å². The third-order valence-electron chi connectivity index (χ3n) is 4.98. The number of hydrogen-bond acceptors (Lipinski definition) is 6. The van der Waals surface area contributed by atoms with Gasteiger partial charge in [0.15, 0.2) is 10.9 Å². The molecule has 1 atom stereocenters. The molecule has 1 aliphatic heterocycles. The van der Waals surface area contributed by atoms with Gasteiger partial charge in [0.1, 0.15) is 17.2 Å². The number of ether oxygens (including phenoxy) is 1. The number of piperidine rings is 1. The molecule has 0 radical (unpaired) electrons. The molecule has 3 aromatic heterocycles. The number of pyridine rings is 1. The van der Waals surface area contributed by atoms with Crippen LogP contribution in [0.5, 0.6) is 5.75 Å². The van der Waals surface area contributed by atoms with E-state index in [-0.39, 0.29) is 44.9 Å². The lowest BCUT2D eigenvalue weighted by molar-refractivity contribution is 0.0701. The zero-order chi connectivity index (χ0) is 21.4. The summed E-state index contributed by atoms with van der Waals surface area (Å²) in [5.74, 6) is -0.330. The molecule has 1 aliphatic rings. The molecule has 1 saturated heterocycles. The molecular formula is C18H16Cl2F2N6O2. The topological polar surface area (TPSA) is 85.5 Å². The van der Waals surface area contributed by atoms with E-state index in [4.69, 9.17) is 27.9 Å². The summed E-state index contributed by atoms with van der Waals surface area (Å²) in [5.41, 5.74) is 0.350. The first-order valence-corrected chi connectivity index (χ1v) is 9.82. The van der Waals surface area contributed by atoms with E-state index in [0.717, 1.165) is 0 Å². The average Bonchev–Trinajstić information content (AvgIpc) is 3.20. The molecule has 0 bridgehead atoms. The summed E-state index contributed by atoms with van der Waals surface area (Å²) in [5, 5.41) is 4.16. The van der Waals surface area contributed by atoms with Gasteiger partial charge in [0.05, 0.1) is 18.4 Å². The number of amides is 1. The number of methoxy groups -OCH3 is 1. The predicted octanol–water partition coefficient (Wildman–Crippen LogP) is 3.79. The van der Waals surface area contributed by atoms with Gasteiger partial charge < -0.3 is 9.64 Å². The molecule has 0 spiro atoms. The van der Waals surface area contributed by atoms with E-state index in [0.29, 0.717) is 31.6 Å². The van der Waals surface area contributed by atoms with E-state index < -0.39 is 6.43 Å². The van der Waals surface area contributed by atoms with Crippen molar-refractivity contribution >= 4 is 34.9 Å². The second kappa shape index (κ2) is 8.27. The molecule has 30 heavy (non-hydrogen) atoms. The Morgan fingerprint density at radius 3 is 2.83 bits per heavy atom. The second-order valence-corrected chi connectivity index (χ2v) is 7.53. The van der Waals surface area contributed by atoms with Gasteiger partial charge in [-0.1, -0.05) is 23.2 Å². The number of fused-ring (bicyclic) bond motifs is 1. The lowest BCUT2D eigenvalue weighted by atomic mass is 9.93. The van der Waals surface area contributed by atoms with Gasteiger partial charge in [0, 0.05) is 19.0 Å². The van der Waals surface area contributed by atoms with Gasteiger partial charge >= 0.3 is 0 Å². The lowest BCUT2D eigenvalue weighted by Gasteiger charge is -2.33. The normalized spacial score (nSPS) is 17.0. The third kappa shape index (κ3) is 3.77. The highest BCUT2D eigenvalue weighted by Crippen LogP contribution is 2.33. The molecule has 3 aromatic rings. The second-order valence-electron chi connectivity index (χ2n) is 6.79. The maximum absolute atomic E-state index is 13.3. The Hall–Kier alpha value is -2.59. The molecule has 8 nitrogen and oxygen atoms in total. The highest BCUT2D eigenvalue weighted by Gasteiger charge is 2.30. The quantitative estimate of drug-likeness (QED) is 0.555. The number of nitrogens with zero attached hydrogens (tertiary/aromatic N) is 6. The molecule has 0 aromatic carbocycles. The molecule has 158 valence electrons. The smallest absolute Gasteiger partial charge is 0.280 e. The van der Waals surface area contributed by atoms with E-state index in [1.807, 2.05) is 0 Å². The zero-order valence-corrected chi connectivity index (χ0v) is 17.2. The molecule has 0 unspecified atom stereocenters. The summed E-state index contributed by atoms with van der Waals surface area (Å²) in [6.45, 7) is 0.782. The number of carbonyl (C=O) groups excluding carboxylic acids is 1. The van der Waals surface area contributed by atoms with E-state index >= 15 is 0 Å². The van der Waals surface area contributed by atoms with Crippen molar-refractivity contribution in [2.24, 2.45) is 0 Å². The van der Waals surface area contributed by atoms with E-state index in [2.05, 4.69) is 20.1 Å². The monoisotopic (exact) mass is 456 g/mol. The van der Waals surface area contributed by atoms with Crippen LogP contribution in [-0.4, -0.2) is 55.6 Å². The Morgan fingerprint density at radius 2 is 2.10 bits per heavy atom. The summed E-state index contributed by atoms with van der Waals surface area (Å²) in [6.07, 6.45) is -0.107. The SMILES string of the molecule is COc1c(C(=O)N2CCC[C@H](c3cc(C(F)F)nc4ncnn34)C2)cc(Cl)nc1Cl. The average molecular weight is 457 g/mol. The van der Waals surface area contributed by atoms with Crippen LogP contribution >= 0.6 is 23.2 Å². The van der Waals surface area contributed by atoms with Crippen LogP contribution in [0.2, 0.25) is 10.3 Å². The molecule has 4 heterocycles. The van der Waals surface area contributed by atoms with E-state index in [9.17, 15) is 13.6 Å². The summed E-state index contributed by atoms with van der Waals surface area (Å²) < 4.78 is 33.3. The Bertz CT molecular complexity index is 1110. The fourth-order valence-corrected chi connectivity index (χ4v) is 4.16. The van der Waals surface area contributed by atoms with Crippen LogP contribution in [0.25, 0.3) is 5.78 Å². The van der Waals surface area contributed by atoms with Crippen molar-refractivity contribution in [2.45, 2.75) is 25.2 Å². The van der Waals surface area contributed by atoms with Crippen LogP contribution in [-0.2, 0) is 0 Å². The van der Waals surface area contributed by atoms with Gasteiger partial charge in [-0.25, -0.2) is 23.3 Å². The number of rotatable bonds is 4. The Kier molecular flexibility index (Phi) is 5.70. The number of halogens is 4. The minimum Gasteiger partial charge on any atom is -0.493 e. The van der Waals surface area contributed by atoms with Crippen LogP contribution in [0.3, 0.4) is 0 Å². The fraction of sp³-hybridized carbons (Fsp3) is 0.389. The zero-order valence-electron chi connectivity index (χ0n) is 15.7. The third-order valence-corrected chi connectivity index (χ3v) is 5.43. The van der Waals surface area contributed by atoms with Crippen LogP contribution in [0.15, 0.2) is 18.5 Å². The lowest BCUT2D eigenvalue weighted by Crippen LogP contribution is -2.39. The predicted molar refractivity (Wildman–Crippen MR) is 104 cm³/mol. The maximum Gasteiger partial charge on any atom is 0.280 e. The van der Waals surface area contributed by atoms with E-state index in [1.165, 1.54) is 30.1 Å². The molecule has 0 aliphatic carbocycles. The van der Waals surface area contributed by atoms with Crippen LogP contribution in [0.4, 0.5) is 8.78 Å². The minimum absolute atomic E-state index is 0.0121. The first-order chi connectivity index (χ1) is 14.4. The number of alkyl halides is 2. The van der Waals surface area contributed by atoms with Crippen molar-refractivity contribution in [1.82, 2.24) is 29.5 Å². The molecule has 4 rings (SSSR count). The highest BCUT2D eigenvalue weighted by molar-refractivity contribution is 6.34. The Labute approximate surface area is 179 Å². The number of aromatic nitrogens is 5. The number of carbonyl (C=O) groups is 1. The highest BCUT2D eigenvalue weighted by atomic mass is 35.5. The van der Waals surface area contributed by atoms with Crippen molar-refractivity contribution in [3.8, 4) is 5.75 Å². The number of likely N-dealkylation sites (tertiary alicyclic amines) is 1. The Balaban J connectivity index is 1.67.